The molecule has 0 radical (unpaired) electrons. The van der Waals surface area contributed by atoms with E-state index in [4.69, 9.17) is 0 Å². The number of hydrogen-bond acceptors (Lipinski definition) is 2. The highest BCUT2D eigenvalue weighted by atomic mass is 32.1. The smallest absolute Gasteiger partial charge is 0.124 e. The van der Waals surface area contributed by atoms with Gasteiger partial charge in [0.1, 0.15) is 4.83 Å². The van der Waals surface area contributed by atoms with Crippen molar-refractivity contribution in [2.75, 3.05) is 0 Å². The van der Waals surface area contributed by atoms with Crippen LogP contribution in [0.25, 0.3) is 21.1 Å². The molecule has 0 N–H and O–H groups in total. The average Bonchev–Trinajstić information content (AvgIpc) is 2.72. The van der Waals surface area contributed by atoms with Gasteiger partial charge in [0.05, 0.1) is 6.20 Å². The second-order valence-corrected chi connectivity index (χ2v) is 3.90. The number of hydrogen-bond donors (Lipinski definition) is 0. The van der Waals surface area contributed by atoms with Crippen LogP contribution in [0, 0.1) is 0 Å². The van der Waals surface area contributed by atoms with Gasteiger partial charge < -0.3 is 4.57 Å². The van der Waals surface area contributed by atoms with E-state index in [-0.39, 0.29) is 0 Å². The number of rotatable bonds is 0. The topological polar surface area (TPSA) is 17.8 Å². The Kier molecular flexibility index (Phi) is 1.27. The third-order valence-corrected chi connectivity index (χ3v) is 3.29. The largest absolute Gasteiger partial charge is 0.334 e. The molecule has 0 spiro atoms. The van der Waals surface area contributed by atoms with Crippen LogP contribution in [0.15, 0.2) is 30.5 Å². The summed E-state index contributed by atoms with van der Waals surface area (Å²) >= 11 is 1.55. The van der Waals surface area contributed by atoms with Crippen molar-refractivity contribution < 1.29 is 0 Å². The molecule has 3 aromatic rings. The number of nitrogens with zero attached hydrogens (tertiary/aromatic N) is 2. The van der Waals surface area contributed by atoms with Crippen LogP contribution >= 0.6 is 11.5 Å². The van der Waals surface area contributed by atoms with Gasteiger partial charge in [-0.15, -0.1) is 0 Å². The molecule has 0 aliphatic heterocycles. The van der Waals surface area contributed by atoms with Crippen molar-refractivity contribution in [1.29, 1.82) is 0 Å². The fourth-order valence-corrected chi connectivity index (χ4v) is 2.50. The summed E-state index contributed by atoms with van der Waals surface area (Å²) in [6, 6.07) is 8.42. The van der Waals surface area contributed by atoms with Crippen molar-refractivity contribution in [3.63, 3.8) is 0 Å². The van der Waals surface area contributed by atoms with Crippen LogP contribution in [-0.4, -0.2) is 8.94 Å². The molecule has 0 aliphatic rings. The Morgan fingerprint density at radius 3 is 3.00 bits per heavy atom. The Morgan fingerprint density at radius 2 is 2.08 bits per heavy atom. The van der Waals surface area contributed by atoms with Gasteiger partial charge in [0.2, 0.25) is 0 Å². The monoisotopic (exact) mass is 188 g/mol. The number of benzene rings is 1. The first kappa shape index (κ1) is 7.09. The van der Waals surface area contributed by atoms with E-state index in [9.17, 15) is 0 Å². The Morgan fingerprint density at radius 1 is 1.23 bits per heavy atom. The van der Waals surface area contributed by atoms with Crippen molar-refractivity contribution in [3.8, 4) is 0 Å². The molecule has 3 rings (SSSR count). The van der Waals surface area contributed by atoms with Gasteiger partial charge in [-0.3, -0.25) is 0 Å². The summed E-state index contributed by atoms with van der Waals surface area (Å²) in [5, 5.41) is 2.57. The summed E-state index contributed by atoms with van der Waals surface area (Å²) in [7, 11) is 2.09. The standard InChI is InChI=1S/C10H8N2S/c1-12-9-5-3-2-4-7(9)8-6-11-13-10(8)12/h2-6H,1H3. The molecule has 13 heavy (non-hydrogen) atoms. The lowest BCUT2D eigenvalue weighted by atomic mass is 10.2. The predicted octanol–water partition coefficient (Wildman–Crippen LogP) is 2.79. The minimum atomic E-state index is 1.25. The Labute approximate surface area is 79.6 Å². The third-order valence-electron chi connectivity index (χ3n) is 2.41. The highest BCUT2D eigenvalue weighted by molar-refractivity contribution is 7.13. The maximum Gasteiger partial charge on any atom is 0.124 e. The summed E-state index contributed by atoms with van der Waals surface area (Å²) in [5.41, 5.74) is 1.28. The fourth-order valence-electron chi connectivity index (χ4n) is 1.76. The van der Waals surface area contributed by atoms with E-state index >= 15 is 0 Å². The van der Waals surface area contributed by atoms with Gasteiger partial charge in [0.25, 0.3) is 0 Å². The summed E-state index contributed by atoms with van der Waals surface area (Å²) in [5.74, 6) is 0. The van der Waals surface area contributed by atoms with Gasteiger partial charge in [-0.05, 0) is 17.6 Å². The van der Waals surface area contributed by atoms with Crippen LogP contribution in [0.1, 0.15) is 0 Å². The van der Waals surface area contributed by atoms with E-state index in [1.807, 2.05) is 6.20 Å². The second-order valence-electron chi connectivity index (χ2n) is 3.12. The van der Waals surface area contributed by atoms with Gasteiger partial charge >= 0.3 is 0 Å². The van der Waals surface area contributed by atoms with Gasteiger partial charge in [0, 0.05) is 23.3 Å². The van der Waals surface area contributed by atoms with Crippen molar-refractivity contribution in [3.05, 3.63) is 30.5 Å². The van der Waals surface area contributed by atoms with Crippen LogP contribution in [0.2, 0.25) is 0 Å². The number of aromatic nitrogens is 2. The third kappa shape index (κ3) is 0.795. The first-order valence-corrected chi connectivity index (χ1v) is 4.93. The Bertz CT molecular complexity index is 577. The zero-order valence-corrected chi connectivity index (χ0v) is 8.01. The normalized spacial score (nSPS) is 11.5. The van der Waals surface area contributed by atoms with E-state index in [1.165, 1.54) is 21.1 Å². The summed E-state index contributed by atoms with van der Waals surface area (Å²) < 4.78 is 6.39. The number of para-hydroxylation sites is 1. The van der Waals surface area contributed by atoms with Crippen LogP contribution in [0.3, 0.4) is 0 Å². The molecule has 0 fully saturated rings. The highest BCUT2D eigenvalue weighted by Crippen LogP contribution is 2.29. The van der Waals surface area contributed by atoms with E-state index < -0.39 is 0 Å². The molecule has 3 heteroatoms. The molecule has 2 heterocycles. The number of fused-ring (bicyclic) bond motifs is 3. The first-order chi connectivity index (χ1) is 6.38. The van der Waals surface area contributed by atoms with Crippen LogP contribution in [-0.2, 0) is 7.05 Å². The Balaban J connectivity index is 2.72. The number of aryl methyl sites for hydroxylation is 1. The average molecular weight is 188 g/mol. The molecule has 1 aromatic carbocycles. The van der Waals surface area contributed by atoms with Gasteiger partial charge in [-0.2, -0.15) is 4.37 Å². The van der Waals surface area contributed by atoms with Crippen LogP contribution in [0.4, 0.5) is 0 Å². The summed E-state index contributed by atoms with van der Waals surface area (Å²) in [6.07, 6.45) is 1.95. The zero-order chi connectivity index (χ0) is 8.84. The molecule has 0 bridgehead atoms. The molecule has 64 valence electrons. The maximum atomic E-state index is 4.19. The second kappa shape index (κ2) is 2.33. The molecular formula is C10H8N2S. The van der Waals surface area contributed by atoms with E-state index in [1.54, 1.807) is 11.5 Å². The highest BCUT2D eigenvalue weighted by Gasteiger charge is 2.07. The molecule has 0 unspecified atom stereocenters. The van der Waals surface area contributed by atoms with Gasteiger partial charge in [-0.25, -0.2) is 0 Å². The van der Waals surface area contributed by atoms with Gasteiger partial charge in [0.15, 0.2) is 0 Å². The quantitative estimate of drug-likeness (QED) is 0.530. The molecule has 0 saturated heterocycles. The van der Waals surface area contributed by atoms with Crippen molar-refractivity contribution in [2.24, 2.45) is 7.05 Å². The molecule has 2 nitrogen and oxygen atoms in total. The molecule has 2 aromatic heterocycles. The van der Waals surface area contributed by atoms with Crippen molar-refractivity contribution in [2.45, 2.75) is 0 Å². The molecule has 0 amide bonds. The minimum absolute atomic E-state index is 1.25. The minimum Gasteiger partial charge on any atom is -0.334 e. The molecule has 0 saturated carbocycles. The summed E-state index contributed by atoms with van der Waals surface area (Å²) in [4.78, 5) is 1.25. The fraction of sp³-hybridized carbons (Fsp3) is 0.100. The lowest BCUT2D eigenvalue weighted by Gasteiger charge is -1.93. The zero-order valence-electron chi connectivity index (χ0n) is 7.19. The SMILES string of the molecule is Cn1c2ccccc2c2cnsc21. The lowest BCUT2D eigenvalue weighted by molar-refractivity contribution is 1.02. The maximum absolute atomic E-state index is 4.19. The predicted molar refractivity (Wildman–Crippen MR) is 56.1 cm³/mol. The van der Waals surface area contributed by atoms with Crippen molar-refractivity contribution in [1.82, 2.24) is 8.94 Å². The lowest BCUT2D eigenvalue weighted by Crippen LogP contribution is -1.83. The molecule has 0 aliphatic carbocycles. The van der Waals surface area contributed by atoms with Crippen LogP contribution < -0.4 is 0 Å². The van der Waals surface area contributed by atoms with E-state index in [2.05, 4.69) is 40.3 Å². The van der Waals surface area contributed by atoms with E-state index in [0.29, 0.717) is 0 Å². The van der Waals surface area contributed by atoms with Gasteiger partial charge in [-0.1, -0.05) is 18.2 Å². The molecular weight excluding hydrogens is 180 g/mol. The summed E-state index contributed by atoms with van der Waals surface area (Å²) in [6.45, 7) is 0. The first-order valence-electron chi connectivity index (χ1n) is 4.16. The van der Waals surface area contributed by atoms with Crippen LogP contribution in [0.5, 0.6) is 0 Å². The molecule has 0 atom stereocenters. The van der Waals surface area contributed by atoms with Crippen molar-refractivity contribution >= 4 is 32.7 Å². The van der Waals surface area contributed by atoms with E-state index in [0.717, 1.165) is 0 Å². The Hall–Kier alpha value is -1.35.